The Balaban J connectivity index is 1.87. The molecule has 4 rings (SSSR count). The standard InChI is InChI=1S/C23H32O6Si/c1-5-9-28-23(27)21-19-16-12-14(24)7-8-15(16)17(13-18(19)25)20(21)22(26)29-10-6-11-30(2,3)4/h7-8,12,17,19-21,24H,5-6,9-11,13H2,1-4H3/t17?,19-,20?,21-/m1/s1. The number of hydrogen-bond donors (Lipinski definition) is 1. The molecule has 0 aliphatic heterocycles. The largest absolute Gasteiger partial charge is 0.508 e. The number of phenolic OH excluding ortho intramolecular Hbond substituents is 1. The normalized spacial score (nSPS) is 25.0. The second-order valence-corrected chi connectivity index (χ2v) is 15.2. The molecule has 2 unspecified atom stereocenters. The summed E-state index contributed by atoms with van der Waals surface area (Å²) >= 11 is 0. The van der Waals surface area contributed by atoms with E-state index in [2.05, 4.69) is 19.6 Å². The average molecular weight is 433 g/mol. The highest BCUT2D eigenvalue weighted by Gasteiger charge is 2.57. The summed E-state index contributed by atoms with van der Waals surface area (Å²) in [6.45, 7) is 9.27. The van der Waals surface area contributed by atoms with E-state index >= 15 is 0 Å². The number of phenols is 1. The van der Waals surface area contributed by atoms with Crippen LogP contribution < -0.4 is 0 Å². The number of benzene rings is 1. The topological polar surface area (TPSA) is 89.9 Å². The summed E-state index contributed by atoms with van der Waals surface area (Å²) in [5.41, 5.74) is 1.48. The van der Waals surface area contributed by atoms with Gasteiger partial charge in [-0.05, 0) is 36.1 Å². The van der Waals surface area contributed by atoms with Gasteiger partial charge in [0.05, 0.1) is 31.0 Å². The molecule has 0 amide bonds. The molecule has 7 heteroatoms. The predicted octanol–water partition coefficient (Wildman–Crippen LogP) is 4.00. The Morgan fingerprint density at radius 2 is 1.73 bits per heavy atom. The number of esters is 2. The number of carbonyl (C=O) groups is 3. The second-order valence-electron chi connectivity index (χ2n) is 9.62. The van der Waals surface area contributed by atoms with Gasteiger partial charge in [-0.3, -0.25) is 14.4 Å². The van der Waals surface area contributed by atoms with Crippen molar-refractivity contribution in [3.8, 4) is 5.75 Å². The van der Waals surface area contributed by atoms with E-state index in [1.165, 1.54) is 0 Å². The van der Waals surface area contributed by atoms with Crippen LogP contribution in [0.4, 0.5) is 0 Å². The van der Waals surface area contributed by atoms with Crippen molar-refractivity contribution in [2.45, 2.75) is 63.7 Å². The fourth-order valence-corrected chi connectivity index (χ4v) is 5.94. The summed E-state index contributed by atoms with van der Waals surface area (Å²) in [5, 5.41) is 9.94. The molecule has 0 heterocycles. The molecule has 30 heavy (non-hydrogen) atoms. The van der Waals surface area contributed by atoms with E-state index in [0.717, 1.165) is 18.0 Å². The zero-order valence-electron chi connectivity index (χ0n) is 18.3. The van der Waals surface area contributed by atoms with E-state index < -0.39 is 43.7 Å². The maximum absolute atomic E-state index is 13.1. The molecule has 0 radical (unpaired) electrons. The molecule has 164 valence electrons. The number of rotatable bonds is 8. The van der Waals surface area contributed by atoms with Gasteiger partial charge in [-0.25, -0.2) is 0 Å². The number of carbonyl (C=O) groups excluding carboxylic acids is 3. The molecule has 6 nitrogen and oxygen atoms in total. The third kappa shape index (κ3) is 4.61. The smallest absolute Gasteiger partial charge is 0.310 e. The summed E-state index contributed by atoms with van der Waals surface area (Å²) in [6, 6.07) is 5.91. The van der Waals surface area contributed by atoms with Gasteiger partial charge in [0.1, 0.15) is 11.5 Å². The van der Waals surface area contributed by atoms with Gasteiger partial charge in [-0.2, -0.15) is 0 Å². The molecule has 1 aromatic carbocycles. The van der Waals surface area contributed by atoms with Crippen molar-refractivity contribution in [1.29, 1.82) is 0 Å². The lowest BCUT2D eigenvalue weighted by Gasteiger charge is -2.46. The lowest BCUT2D eigenvalue weighted by Crippen LogP contribution is -2.50. The molecule has 0 saturated heterocycles. The molecular weight excluding hydrogens is 400 g/mol. The molecule has 3 aliphatic carbocycles. The van der Waals surface area contributed by atoms with E-state index in [1.54, 1.807) is 18.2 Å². The minimum absolute atomic E-state index is 0.0419. The van der Waals surface area contributed by atoms with Crippen molar-refractivity contribution in [2.24, 2.45) is 11.8 Å². The first-order valence-electron chi connectivity index (χ1n) is 10.8. The Morgan fingerprint density at radius 1 is 1.07 bits per heavy atom. The quantitative estimate of drug-likeness (QED) is 0.379. The first-order valence-corrected chi connectivity index (χ1v) is 14.5. The predicted molar refractivity (Wildman–Crippen MR) is 115 cm³/mol. The van der Waals surface area contributed by atoms with Crippen molar-refractivity contribution >= 4 is 25.8 Å². The lowest BCUT2D eigenvalue weighted by atomic mass is 9.55. The highest BCUT2D eigenvalue weighted by Crippen LogP contribution is 2.55. The van der Waals surface area contributed by atoms with Crippen LogP contribution in [0.25, 0.3) is 0 Å². The minimum atomic E-state index is -1.22. The van der Waals surface area contributed by atoms with Gasteiger partial charge in [0.25, 0.3) is 0 Å². The Labute approximate surface area is 179 Å². The summed E-state index contributed by atoms with van der Waals surface area (Å²) < 4.78 is 11.0. The molecule has 1 saturated carbocycles. The number of ketones is 1. The Kier molecular flexibility index (Phi) is 6.70. The molecule has 2 bridgehead atoms. The van der Waals surface area contributed by atoms with Crippen molar-refractivity contribution < 1.29 is 29.0 Å². The van der Waals surface area contributed by atoms with Crippen molar-refractivity contribution in [3.63, 3.8) is 0 Å². The van der Waals surface area contributed by atoms with Gasteiger partial charge >= 0.3 is 11.9 Å². The molecule has 0 aromatic heterocycles. The molecule has 0 spiro atoms. The van der Waals surface area contributed by atoms with Gasteiger partial charge in [-0.15, -0.1) is 0 Å². The molecule has 1 aromatic rings. The number of ether oxygens (including phenoxy) is 2. The van der Waals surface area contributed by atoms with E-state index in [-0.39, 0.29) is 24.6 Å². The van der Waals surface area contributed by atoms with E-state index in [9.17, 15) is 19.5 Å². The molecule has 4 atom stereocenters. The monoisotopic (exact) mass is 432 g/mol. The lowest BCUT2D eigenvalue weighted by molar-refractivity contribution is -0.167. The van der Waals surface area contributed by atoms with Crippen molar-refractivity contribution in [2.75, 3.05) is 13.2 Å². The summed E-state index contributed by atoms with van der Waals surface area (Å²) in [5.74, 6) is -3.84. The molecular formula is C23H32O6Si. The zero-order valence-corrected chi connectivity index (χ0v) is 19.3. The van der Waals surface area contributed by atoms with Crippen LogP contribution in [-0.2, 0) is 23.9 Å². The van der Waals surface area contributed by atoms with E-state index in [0.29, 0.717) is 18.6 Å². The van der Waals surface area contributed by atoms with Gasteiger partial charge < -0.3 is 14.6 Å². The highest BCUT2D eigenvalue weighted by atomic mass is 28.3. The van der Waals surface area contributed by atoms with Crippen LogP contribution in [0, 0.1) is 11.8 Å². The number of hydrogen-bond acceptors (Lipinski definition) is 6. The number of aromatic hydroxyl groups is 1. The van der Waals surface area contributed by atoms with Gasteiger partial charge in [0.2, 0.25) is 0 Å². The van der Waals surface area contributed by atoms with E-state index in [1.807, 2.05) is 6.92 Å². The first kappa shape index (κ1) is 22.5. The van der Waals surface area contributed by atoms with Crippen LogP contribution in [0.15, 0.2) is 18.2 Å². The second kappa shape index (κ2) is 8.92. The van der Waals surface area contributed by atoms with Crippen LogP contribution in [0.5, 0.6) is 5.75 Å². The first-order chi connectivity index (χ1) is 14.1. The third-order valence-electron chi connectivity index (χ3n) is 6.06. The molecule has 1 fully saturated rings. The Bertz CT molecular complexity index is 827. The van der Waals surface area contributed by atoms with Crippen LogP contribution >= 0.6 is 0 Å². The Morgan fingerprint density at radius 3 is 2.40 bits per heavy atom. The van der Waals surface area contributed by atoms with Gasteiger partial charge in [-0.1, -0.05) is 38.7 Å². The third-order valence-corrected chi connectivity index (χ3v) is 7.91. The fraction of sp³-hybridized carbons (Fsp3) is 0.609. The van der Waals surface area contributed by atoms with Crippen molar-refractivity contribution in [1.82, 2.24) is 0 Å². The maximum Gasteiger partial charge on any atom is 0.310 e. The summed E-state index contributed by atoms with van der Waals surface area (Å²) in [7, 11) is -1.22. The SMILES string of the molecule is CCCOC(=O)[C@H]1C(C(=O)OCCC[Si](C)(C)C)C2CC(=O)[C@H]1c1cc(O)ccc12. The van der Waals surface area contributed by atoms with Gasteiger partial charge in [0, 0.05) is 20.4 Å². The van der Waals surface area contributed by atoms with Crippen LogP contribution in [0.2, 0.25) is 25.7 Å². The van der Waals surface area contributed by atoms with Gasteiger partial charge in [0.15, 0.2) is 0 Å². The van der Waals surface area contributed by atoms with Crippen LogP contribution in [-0.4, -0.2) is 44.1 Å². The fourth-order valence-electron chi connectivity index (χ4n) is 4.73. The minimum Gasteiger partial charge on any atom is -0.508 e. The number of Topliss-reactive ketones (excluding diaryl/α,β-unsaturated/α-hetero) is 1. The van der Waals surface area contributed by atoms with Crippen LogP contribution in [0.1, 0.15) is 49.1 Å². The van der Waals surface area contributed by atoms with Crippen molar-refractivity contribution in [3.05, 3.63) is 29.3 Å². The molecule has 1 N–H and O–H groups in total. The average Bonchev–Trinajstić information content (AvgIpc) is 2.67. The number of fused-ring (bicyclic) bond motifs is 2. The summed E-state index contributed by atoms with van der Waals surface area (Å²) in [6.07, 6.45) is 1.66. The Hall–Kier alpha value is -2.15. The highest BCUT2D eigenvalue weighted by molar-refractivity contribution is 6.76. The molecule has 3 aliphatic rings. The zero-order chi connectivity index (χ0) is 22.1. The summed E-state index contributed by atoms with van der Waals surface area (Å²) in [4.78, 5) is 38.8. The van der Waals surface area contributed by atoms with Crippen LogP contribution in [0.3, 0.4) is 0 Å². The van der Waals surface area contributed by atoms with E-state index in [4.69, 9.17) is 9.47 Å². The maximum atomic E-state index is 13.1.